The molecule has 1 N–H and O–H groups in total. The molecule has 0 aromatic carbocycles. The predicted octanol–water partition coefficient (Wildman–Crippen LogP) is 0.845. The van der Waals surface area contributed by atoms with Crippen LogP contribution < -0.4 is 5.32 Å². The molecule has 0 unspecified atom stereocenters. The van der Waals surface area contributed by atoms with Gasteiger partial charge in [0.25, 0.3) is 0 Å². The van der Waals surface area contributed by atoms with Gasteiger partial charge in [0.1, 0.15) is 6.04 Å². The smallest absolute Gasteiger partial charge is 0.303 e. The number of ether oxygens (including phenoxy) is 1. The van der Waals surface area contributed by atoms with Gasteiger partial charge in [0.2, 0.25) is 12.3 Å². The van der Waals surface area contributed by atoms with Gasteiger partial charge in [-0.2, -0.15) is 0 Å². The third-order valence-electron chi connectivity index (χ3n) is 3.56. The number of rotatable bonds is 6. The Labute approximate surface area is 140 Å². The summed E-state index contributed by atoms with van der Waals surface area (Å²) >= 11 is 0. The minimum atomic E-state index is -0.943. The number of pyridine rings is 1. The molecule has 1 aromatic heterocycles. The third kappa shape index (κ3) is 4.92. The first-order valence-electron chi connectivity index (χ1n) is 7.19. The molecule has 0 radical (unpaired) electrons. The molecular weight excluding hydrogens is 322 g/mol. The van der Waals surface area contributed by atoms with Gasteiger partial charge in [0.15, 0.2) is 6.10 Å². The predicted molar refractivity (Wildman–Crippen MR) is 84.8 cm³/mol. The fourth-order valence-electron chi connectivity index (χ4n) is 2.56. The van der Waals surface area contributed by atoms with Gasteiger partial charge in [-0.3, -0.25) is 19.4 Å². The minimum absolute atomic E-state index is 0. The molecule has 0 saturated carbocycles. The maximum absolute atomic E-state index is 12.6. The highest BCUT2D eigenvalue weighted by Gasteiger charge is 2.35. The van der Waals surface area contributed by atoms with Crippen LogP contribution >= 0.6 is 12.4 Å². The molecule has 8 heteroatoms. The minimum Gasteiger partial charge on any atom is -0.455 e. The van der Waals surface area contributed by atoms with E-state index in [-0.39, 0.29) is 18.3 Å². The first-order valence-corrected chi connectivity index (χ1v) is 7.19. The highest BCUT2D eigenvalue weighted by molar-refractivity contribution is 5.85. The zero-order valence-corrected chi connectivity index (χ0v) is 13.6. The molecule has 2 heterocycles. The molecule has 0 bridgehead atoms. The number of carbonyl (C=O) groups excluding carboxylic acids is 3. The summed E-state index contributed by atoms with van der Waals surface area (Å²) < 4.78 is 5.30. The van der Waals surface area contributed by atoms with E-state index in [1.54, 1.807) is 29.4 Å². The van der Waals surface area contributed by atoms with Crippen molar-refractivity contribution in [2.75, 3.05) is 13.1 Å². The second-order valence-corrected chi connectivity index (χ2v) is 5.11. The van der Waals surface area contributed by atoms with Crippen molar-refractivity contribution in [3.05, 3.63) is 30.1 Å². The SMILES string of the molecule is CC(=O)O[C@@H](c1ccncc1)[C@@H](NC=O)C(=O)N1CCCC1.Cl. The van der Waals surface area contributed by atoms with Crippen LogP contribution in [-0.4, -0.2) is 47.3 Å². The monoisotopic (exact) mass is 341 g/mol. The fourth-order valence-corrected chi connectivity index (χ4v) is 2.56. The lowest BCUT2D eigenvalue weighted by Gasteiger charge is -2.29. The normalized spacial score (nSPS) is 16.0. The van der Waals surface area contributed by atoms with E-state index >= 15 is 0 Å². The van der Waals surface area contributed by atoms with E-state index < -0.39 is 18.1 Å². The second-order valence-electron chi connectivity index (χ2n) is 5.11. The van der Waals surface area contributed by atoms with Gasteiger partial charge < -0.3 is 15.0 Å². The van der Waals surface area contributed by atoms with E-state index in [9.17, 15) is 14.4 Å². The largest absolute Gasteiger partial charge is 0.455 e. The van der Waals surface area contributed by atoms with Crippen LogP contribution in [0.3, 0.4) is 0 Å². The standard InChI is InChI=1S/C15H19N3O4.ClH/c1-11(20)22-14(12-4-6-16-7-5-12)13(17-10-19)15(21)18-8-2-3-9-18;/h4-7,10,13-14H,2-3,8-9H2,1H3,(H,17,19);1H/t13-,14+;/m1./s1. The number of esters is 1. The van der Waals surface area contributed by atoms with Crippen molar-refractivity contribution in [1.82, 2.24) is 15.2 Å². The van der Waals surface area contributed by atoms with Crippen LogP contribution in [0.5, 0.6) is 0 Å². The Morgan fingerprint density at radius 1 is 1.30 bits per heavy atom. The van der Waals surface area contributed by atoms with Crippen LogP contribution in [0.4, 0.5) is 0 Å². The van der Waals surface area contributed by atoms with Gasteiger partial charge >= 0.3 is 5.97 Å². The van der Waals surface area contributed by atoms with E-state index in [1.807, 2.05) is 0 Å². The topological polar surface area (TPSA) is 88.6 Å². The zero-order chi connectivity index (χ0) is 15.9. The number of likely N-dealkylation sites (tertiary alicyclic amines) is 1. The van der Waals surface area contributed by atoms with Crippen molar-refractivity contribution in [3.8, 4) is 0 Å². The number of aromatic nitrogens is 1. The summed E-state index contributed by atoms with van der Waals surface area (Å²) in [4.78, 5) is 40.5. The second kappa shape index (κ2) is 9.09. The molecular formula is C15H20ClN3O4. The van der Waals surface area contributed by atoms with Gasteiger partial charge in [0.05, 0.1) is 0 Å². The van der Waals surface area contributed by atoms with Crippen LogP contribution in [0.1, 0.15) is 31.4 Å². The first kappa shape index (κ1) is 18.9. The van der Waals surface area contributed by atoms with Crippen LogP contribution in [0, 0.1) is 0 Å². The van der Waals surface area contributed by atoms with Crippen LogP contribution in [-0.2, 0) is 19.1 Å². The molecule has 1 saturated heterocycles. The average molecular weight is 342 g/mol. The van der Waals surface area contributed by atoms with Crippen LogP contribution in [0.25, 0.3) is 0 Å². The summed E-state index contributed by atoms with van der Waals surface area (Å²) in [7, 11) is 0. The van der Waals surface area contributed by atoms with Crippen molar-refractivity contribution >= 4 is 30.7 Å². The zero-order valence-electron chi connectivity index (χ0n) is 12.8. The summed E-state index contributed by atoms with van der Waals surface area (Å²) in [6.45, 7) is 2.57. The molecule has 0 aliphatic carbocycles. The number of halogens is 1. The van der Waals surface area contributed by atoms with Crippen LogP contribution in [0.2, 0.25) is 0 Å². The first-order chi connectivity index (χ1) is 10.6. The molecule has 7 nitrogen and oxygen atoms in total. The van der Waals surface area contributed by atoms with E-state index in [1.165, 1.54) is 6.92 Å². The van der Waals surface area contributed by atoms with Gasteiger partial charge in [-0.15, -0.1) is 12.4 Å². The summed E-state index contributed by atoms with van der Waals surface area (Å²) in [6.07, 6.45) is 4.55. The van der Waals surface area contributed by atoms with Crippen molar-refractivity contribution in [2.45, 2.75) is 31.9 Å². The number of hydrogen-bond donors (Lipinski definition) is 1. The van der Waals surface area contributed by atoms with Gasteiger partial charge in [-0.05, 0) is 30.5 Å². The maximum atomic E-state index is 12.6. The van der Waals surface area contributed by atoms with Gasteiger partial charge in [0, 0.05) is 32.4 Å². The molecule has 1 aliphatic rings. The Bertz CT molecular complexity index is 535. The van der Waals surface area contributed by atoms with Crippen molar-refractivity contribution in [2.24, 2.45) is 0 Å². The van der Waals surface area contributed by atoms with Crippen molar-refractivity contribution in [3.63, 3.8) is 0 Å². The van der Waals surface area contributed by atoms with E-state index in [0.29, 0.717) is 25.1 Å². The Morgan fingerprint density at radius 2 is 1.91 bits per heavy atom. The quantitative estimate of drug-likeness (QED) is 0.612. The number of nitrogens with zero attached hydrogens (tertiary/aromatic N) is 2. The van der Waals surface area contributed by atoms with Crippen molar-refractivity contribution < 1.29 is 19.1 Å². The van der Waals surface area contributed by atoms with Crippen molar-refractivity contribution in [1.29, 1.82) is 0 Å². The summed E-state index contributed by atoms with van der Waals surface area (Å²) in [5.74, 6) is -0.763. The summed E-state index contributed by atoms with van der Waals surface area (Å²) in [5.41, 5.74) is 0.608. The molecule has 2 atom stereocenters. The molecule has 1 aromatic rings. The van der Waals surface area contributed by atoms with Crippen LogP contribution in [0.15, 0.2) is 24.5 Å². The lowest BCUT2D eigenvalue weighted by molar-refractivity contribution is -0.152. The average Bonchev–Trinajstić information content (AvgIpc) is 3.05. The number of carbonyl (C=O) groups is 3. The molecule has 0 spiro atoms. The molecule has 2 amide bonds. The molecule has 1 aliphatic heterocycles. The molecule has 23 heavy (non-hydrogen) atoms. The third-order valence-corrected chi connectivity index (χ3v) is 3.56. The van der Waals surface area contributed by atoms with E-state index in [2.05, 4.69) is 10.3 Å². The molecule has 1 fully saturated rings. The number of hydrogen-bond acceptors (Lipinski definition) is 5. The number of amides is 2. The molecule has 2 rings (SSSR count). The van der Waals surface area contributed by atoms with E-state index in [0.717, 1.165) is 12.8 Å². The summed E-state index contributed by atoms with van der Waals surface area (Å²) in [5, 5.41) is 2.49. The van der Waals surface area contributed by atoms with Gasteiger partial charge in [-0.1, -0.05) is 0 Å². The Morgan fingerprint density at radius 3 is 2.43 bits per heavy atom. The fraction of sp³-hybridized carbons (Fsp3) is 0.467. The Kier molecular flexibility index (Phi) is 7.47. The van der Waals surface area contributed by atoms with E-state index in [4.69, 9.17) is 4.74 Å². The maximum Gasteiger partial charge on any atom is 0.303 e. The Balaban J connectivity index is 0.00000264. The highest BCUT2D eigenvalue weighted by atomic mass is 35.5. The lowest BCUT2D eigenvalue weighted by Crippen LogP contribution is -2.49. The Hall–Kier alpha value is -2.15. The highest BCUT2D eigenvalue weighted by Crippen LogP contribution is 2.24. The lowest BCUT2D eigenvalue weighted by atomic mass is 10.0. The summed E-state index contributed by atoms with van der Waals surface area (Å²) in [6, 6.07) is 2.37. The number of nitrogens with one attached hydrogen (secondary N) is 1. The van der Waals surface area contributed by atoms with Gasteiger partial charge in [-0.25, -0.2) is 0 Å². The molecule has 126 valence electrons.